The number of nitrogens with zero attached hydrogens (tertiary/aromatic N) is 1. The first-order chi connectivity index (χ1) is 13.3. The van der Waals surface area contributed by atoms with Crippen LogP contribution in [-0.4, -0.2) is 14.2 Å². The van der Waals surface area contributed by atoms with Crippen LogP contribution < -0.4 is 4.72 Å². The lowest BCUT2D eigenvalue weighted by Gasteiger charge is -2.13. The average molecular weight is 419 g/mol. The number of rotatable bonds is 6. The number of carbonyl (C=O) groups is 1. The van der Waals surface area contributed by atoms with Gasteiger partial charge >= 0.3 is 0 Å². The topological polar surface area (TPSA) is 92.7 Å². The van der Waals surface area contributed by atoms with Crippen molar-refractivity contribution in [3.05, 3.63) is 93.6 Å². The van der Waals surface area contributed by atoms with Crippen LogP contribution in [0.3, 0.4) is 0 Å². The maximum absolute atomic E-state index is 14.0. The summed E-state index contributed by atoms with van der Waals surface area (Å²) in [7, 11) is -4.08. The maximum atomic E-state index is 14.0. The van der Waals surface area contributed by atoms with Gasteiger partial charge in [0, 0.05) is 10.6 Å². The van der Waals surface area contributed by atoms with Crippen molar-refractivity contribution in [1.29, 1.82) is 0 Å². The number of hydrogen-bond donors (Lipinski definition) is 1. The lowest BCUT2D eigenvalue weighted by molar-refractivity contribution is 0.103. The first kappa shape index (κ1) is 19.7. The highest BCUT2D eigenvalue weighted by Gasteiger charge is 2.21. The summed E-state index contributed by atoms with van der Waals surface area (Å²) in [5.41, 5.74) is -0.310. The molecule has 28 heavy (non-hydrogen) atoms. The largest absolute Gasteiger partial charge is 0.288 e. The molecule has 0 saturated carbocycles. The third kappa shape index (κ3) is 4.08. The van der Waals surface area contributed by atoms with Crippen LogP contribution >= 0.6 is 11.6 Å². The normalized spacial score (nSPS) is 11.1. The second kappa shape index (κ2) is 7.87. The number of hydrogen-bond acceptors (Lipinski definition) is 5. The van der Waals surface area contributed by atoms with E-state index in [0.717, 1.165) is 6.07 Å². The smallest absolute Gasteiger partial charge is 0.261 e. The number of nitroso groups, excluding NO2 is 1. The van der Waals surface area contributed by atoms with Crippen molar-refractivity contribution in [2.45, 2.75) is 4.90 Å². The molecule has 0 aliphatic carbocycles. The van der Waals surface area contributed by atoms with E-state index in [4.69, 9.17) is 11.6 Å². The zero-order valence-corrected chi connectivity index (χ0v) is 15.7. The Morgan fingerprint density at radius 2 is 1.64 bits per heavy atom. The van der Waals surface area contributed by atoms with Crippen LogP contribution in [0, 0.1) is 10.7 Å². The molecule has 0 spiro atoms. The highest BCUT2D eigenvalue weighted by Crippen LogP contribution is 2.27. The van der Waals surface area contributed by atoms with Gasteiger partial charge in [0.15, 0.2) is 5.78 Å². The number of carbonyl (C=O) groups excluding carboxylic acids is 1. The number of anilines is 1. The summed E-state index contributed by atoms with van der Waals surface area (Å²) in [4.78, 5) is 23.1. The van der Waals surface area contributed by atoms with E-state index in [-0.39, 0.29) is 32.4 Å². The zero-order valence-electron chi connectivity index (χ0n) is 14.1. The standard InChI is InChI=1S/C19H12ClFN2O4S/c20-12-5-10-18(16(11-12)19(24)15-3-1-2-4-17(15)21)23-28(26,27)14-8-6-13(22-25)7-9-14/h1-11,23H. The molecule has 3 rings (SSSR count). The van der Waals surface area contributed by atoms with Crippen LogP contribution in [0.4, 0.5) is 15.8 Å². The van der Waals surface area contributed by atoms with Crippen molar-refractivity contribution in [2.75, 3.05) is 4.72 Å². The Morgan fingerprint density at radius 3 is 2.29 bits per heavy atom. The molecular formula is C19H12ClFN2O4S. The van der Waals surface area contributed by atoms with Gasteiger partial charge in [-0.15, -0.1) is 4.91 Å². The minimum absolute atomic E-state index is 0.0600. The molecule has 1 N–H and O–H groups in total. The Balaban J connectivity index is 2.02. The summed E-state index contributed by atoms with van der Waals surface area (Å²) in [5.74, 6) is -1.46. The van der Waals surface area contributed by atoms with Crippen LogP contribution in [0.25, 0.3) is 0 Å². The molecular weight excluding hydrogens is 407 g/mol. The van der Waals surface area contributed by atoms with E-state index in [1.165, 1.54) is 60.7 Å². The fourth-order valence-corrected chi connectivity index (χ4v) is 3.73. The SMILES string of the molecule is O=Nc1ccc(S(=O)(=O)Nc2ccc(Cl)cc2C(=O)c2ccccc2F)cc1. The van der Waals surface area contributed by atoms with Gasteiger partial charge in [-0.1, -0.05) is 23.7 Å². The third-order valence-electron chi connectivity index (χ3n) is 3.84. The summed E-state index contributed by atoms with van der Waals surface area (Å²) in [6.07, 6.45) is 0. The lowest BCUT2D eigenvalue weighted by atomic mass is 10.0. The Kier molecular flexibility index (Phi) is 5.53. The molecule has 0 radical (unpaired) electrons. The predicted molar refractivity (Wildman–Crippen MR) is 104 cm³/mol. The number of halogens is 2. The molecule has 0 aliphatic heterocycles. The summed E-state index contributed by atoms with van der Waals surface area (Å²) in [5, 5.41) is 2.89. The van der Waals surface area contributed by atoms with E-state index in [2.05, 4.69) is 9.90 Å². The van der Waals surface area contributed by atoms with Gasteiger partial charge in [0.1, 0.15) is 11.5 Å². The number of sulfonamides is 1. The van der Waals surface area contributed by atoms with Crippen LogP contribution in [0.15, 0.2) is 76.8 Å². The Bertz CT molecular complexity index is 1160. The Hall–Kier alpha value is -3.10. The van der Waals surface area contributed by atoms with Crippen molar-refractivity contribution in [3.8, 4) is 0 Å². The summed E-state index contributed by atoms with van der Waals surface area (Å²) in [6, 6.07) is 14.2. The van der Waals surface area contributed by atoms with Gasteiger partial charge in [-0.25, -0.2) is 12.8 Å². The first-order valence-corrected chi connectivity index (χ1v) is 9.73. The molecule has 0 atom stereocenters. The number of benzene rings is 3. The van der Waals surface area contributed by atoms with E-state index >= 15 is 0 Å². The van der Waals surface area contributed by atoms with Crippen molar-refractivity contribution in [3.63, 3.8) is 0 Å². The Morgan fingerprint density at radius 1 is 0.964 bits per heavy atom. The highest BCUT2D eigenvalue weighted by molar-refractivity contribution is 7.92. The molecule has 0 amide bonds. The molecule has 0 aromatic heterocycles. The fraction of sp³-hybridized carbons (Fsp3) is 0. The van der Waals surface area contributed by atoms with E-state index < -0.39 is 21.6 Å². The number of ketones is 1. The molecule has 142 valence electrons. The zero-order chi connectivity index (χ0) is 20.3. The molecule has 0 heterocycles. The second-order valence-corrected chi connectivity index (χ2v) is 7.81. The van der Waals surface area contributed by atoms with Crippen molar-refractivity contribution < 1.29 is 17.6 Å². The average Bonchev–Trinajstić information content (AvgIpc) is 2.69. The van der Waals surface area contributed by atoms with Crippen molar-refractivity contribution >= 4 is 38.8 Å². The molecule has 6 nitrogen and oxygen atoms in total. The summed E-state index contributed by atoms with van der Waals surface area (Å²) < 4.78 is 41.6. The van der Waals surface area contributed by atoms with Gasteiger partial charge in [-0.2, -0.15) is 0 Å². The van der Waals surface area contributed by atoms with Crippen molar-refractivity contribution in [2.24, 2.45) is 5.18 Å². The van der Waals surface area contributed by atoms with E-state index in [1.807, 2.05) is 0 Å². The molecule has 0 bridgehead atoms. The van der Waals surface area contributed by atoms with Gasteiger partial charge in [-0.05, 0) is 59.8 Å². The summed E-state index contributed by atoms with van der Waals surface area (Å²) >= 11 is 5.95. The molecule has 0 fully saturated rings. The van der Waals surface area contributed by atoms with Crippen LogP contribution in [0.5, 0.6) is 0 Å². The molecule has 3 aromatic rings. The van der Waals surface area contributed by atoms with E-state index in [1.54, 1.807) is 0 Å². The quantitative estimate of drug-likeness (QED) is 0.454. The highest BCUT2D eigenvalue weighted by atomic mass is 35.5. The van der Waals surface area contributed by atoms with Gasteiger partial charge < -0.3 is 0 Å². The number of nitrogens with one attached hydrogen (secondary N) is 1. The van der Waals surface area contributed by atoms with Crippen LogP contribution in [0.2, 0.25) is 5.02 Å². The third-order valence-corrected chi connectivity index (χ3v) is 5.46. The first-order valence-electron chi connectivity index (χ1n) is 7.87. The van der Waals surface area contributed by atoms with Crippen LogP contribution in [0.1, 0.15) is 15.9 Å². The molecule has 0 aliphatic rings. The molecule has 3 aromatic carbocycles. The van der Waals surface area contributed by atoms with E-state index in [9.17, 15) is 22.5 Å². The van der Waals surface area contributed by atoms with Gasteiger partial charge in [0.2, 0.25) is 0 Å². The summed E-state index contributed by atoms with van der Waals surface area (Å²) in [6.45, 7) is 0. The maximum Gasteiger partial charge on any atom is 0.261 e. The minimum Gasteiger partial charge on any atom is -0.288 e. The Labute approximate surface area is 165 Å². The predicted octanol–water partition coefficient (Wildman–Crippen LogP) is 4.91. The monoisotopic (exact) mass is 418 g/mol. The van der Waals surface area contributed by atoms with Crippen LogP contribution in [-0.2, 0) is 10.0 Å². The second-order valence-electron chi connectivity index (χ2n) is 5.69. The molecule has 9 heteroatoms. The molecule has 0 unspecified atom stereocenters. The van der Waals surface area contributed by atoms with Gasteiger partial charge in [0.25, 0.3) is 10.0 Å². The van der Waals surface area contributed by atoms with Gasteiger partial charge in [-0.3, -0.25) is 9.52 Å². The van der Waals surface area contributed by atoms with Crippen molar-refractivity contribution in [1.82, 2.24) is 0 Å². The minimum atomic E-state index is -4.08. The van der Waals surface area contributed by atoms with Gasteiger partial charge in [0.05, 0.1) is 16.1 Å². The van der Waals surface area contributed by atoms with E-state index in [0.29, 0.717) is 0 Å². The lowest BCUT2D eigenvalue weighted by Crippen LogP contribution is -2.16. The molecule has 0 saturated heterocycles. The fourth-order valence-electron chi connectivity index (χ4n) is 2.47.